The number of nitrogens with zero attached hydrogens (tertiary/aromatic N) is 5. The molecule has 3 heterocycles. The molecule has 0 radical (unpaired) electrons. The molecule has 1 saturated carbocycles. The number of hydrogen-bond donors (Lipinski definition) is 4. The summed E-state index contributed by atoms with van der Waals surface area (Å²) >= 11 is 0. The van der Waals surface area contributed by atoms with Gasteiger partial charge in [-0.25, -0.2) is 9.79 Å². The molecule has 12 nitrogen and oxygen atoms in total. The zero-order valence-corrected chi connectivity index (χ0v) is 18.0. The van der Waals surface area contributed by atoms with Crippen LogP contribution < -0.4 is 31.3 Å². The Hall–Kier alpha value is -4.35. The van der Waals surface area contributed by atoms with Crippen LogP contribution in [0, 0.1) is 0 Å². The van der Waals surface area contributed by atoms with Gasteiger partial charge in [-0.1, -0.05) is 6.07 Å². The summed E-state index contributed by atoms with van der Waals surface area (Å²) in [6.45, 7) is 0.353. The van der Waals surface area contributed by atoms with Gasteiger partial charge in [0.05, 0.1) is 38.6 Å². The number of fused-ring (bicyclic) bond motifs is 1. The zero-order valence-electron chi connectivity index (χ0n) is 18.0. The van der Waals surface area contributed by atoms with E-state index in [1.807, 2.05) is 18.2 Å². The van der Waals surface area contributed by atoms with Gasteiger partial charge < -0.3 is 24.9 Å². The summed E-state index contributed by atoms with van der Waals surface area (Å²) in [5, 5.41) is 18.1. The summed E-state index contributed by atoms with van der Waals surface area (Å²) in [6.07, 6.45) is 5.17. The molecular weight excluding hydrogens is 428 g/mol. The number of H-pyrrole nitrogens is 2. The monoisotopic (exact) mass is 450 g/mol. The van der Waals surface area contributed by atoms with E-state index in [-0.39, 0.29) is 17.6 Å². The molecule has 4 aromatic rings. The molecule has 12 heteroatoms. The lowest BCUT2D eigenvalue weighted by Gasteiger charge is -2.13. The maximum atomic E-state index is 11.5. The maximum absolute atomic E-state index is 11.5. The molecule has 0 atom stereocenters. The van der Waals surface area contributed by atoms with Crippen LogP contribution in [0.5, 0.6) is 17.4 Å². The maximum Gasteiger partial charge on any atom is 0.326 e. The lowest BCUT2D eigenvalue weighted by Crippen LogP contribution is -2.24. The fourth-order valence-corrected chi connectivity index (χ4v) is 3.43. The van der Waals surface area contributed by atoms with E-state index in [9.17, 15) is 9.90 Å². The molecule has 0 amide bonds. The molecule has 1 aliphatic carbocycles. The molecule has 0 aliphatic heterocycles. The molecule has 33 heavy (non-hydrogen) atoms. The van der Waals surface area contributed by atoms with Crippen LogP contribution in [0.15, 0.2) is 34.2 Å². The van der Waals surface area contributed by atoms with Crippen molar-refractivity contribution in [1.29, 1.82) is 0 Å². The number of nitrogens with one attached hydrogen (secondary N) is 3. The highest BCUT2D eigenvalue weighted by atomic mass is 16.5. The molecule has 0 bridgehead atoms. The standard InChI is InChI=1S/C21H22N8O4/c1-32-15-4-3-5-16(33-2)13(15)10-22-19-26-17-11(8-14-18(30)27-21(31)25-14)9-23-29(17)20(28-19)24-12-6-7-12/h3-5,8-9,12,30H,6-7,10H2,1-2H3,(H,22,24,28)(H2,25,27,31). The minimum absolute atomic E-state index is 0.215. The third-order valence-corrected chi connectivity index (χ3v) is 5.21. The second kappa shape index (κ2) is 8.30. The number of rotatable bonds is 7. The Morgan fingerprint density at radius 2 is 2.00 bits per heavy atom. The summed E-state index contributed by atoms with van der Waals surface area (Å²) in [5.74, 6) is 1.43. The summed E-state index contributed by atoms with van der Waals surface area (Å²) in [4.78, 5) is 30.1. The van der Waals surface area contributed by atoms with Crippen LogP contribution in [-0.2, 0) is 6.54 Å². The van der Waals surface area contributed by atoms with E-state index in [0.29, 0.717) is 40.5 Å². The number of aromatic nitrogens is 6. The summed E-state index contributed by atoms with van der Waals surface area (Å²) in [5.41, 5.74) is 1.43. The van der Waals surface area contributed by atoms with Crippen LogP contribution in [0.4, 0.5) is 5.95 Å². The molecule has 1 aromatic carbocycles. The van der Waals surface area contributed by atoms with Crippen molar-refractivity contribution in [3.8, 4) is 17.4 Å². The van der Waals surface area contributed by atoms with Gasteiger partial charge in [-0.2, -0.15) is 19.6 Å². The molecule has 1 aliphatic rings. The Balaban J connectivity index is 1.59. The topological polar surface area (TPSA) is 155 Å². The Morgan fingerprint density at radius 1 is 1.24 bits per heavy atom. The van der Waals surface area contributed by atoms with E-state index < -0.39 is 5.69 Å². The van der Waals surface area contributed by atoms with Gasteiger partial charge in [0.2, 0.25) is 11.8 Å². The van der Waals surface area contributed by atoms with Gasteiger partial charge in [0.1, 0.15) is 17.2 Å². The molecule has 0 unspecified atom stereocenters. The third-order valence-electron chi connectivity index (χ3n) is 5.21. The third kappa shape index (κ3) is 4.10. The van der Waals surface area contributed by atoms with Crippen molar-refractivity contribution in [3.63, 3.8) is 0 Å². The van der Waals surface area contributed by atoms with Crippen molar-refractivity contribution in [2.75, 3.05) is 19.5 Å². The van der Waals surface area contributed by atoms with Crippen LogP contribution in [0.2, 0.25) is 0 Å². The number of methoxy groups -OCH3 is 2. The number of aromatic hydroxyl groups is 1. The minimum Gasteiger partial charge on any atom is -0.496 e. The van der Waals surface area contributed by atoms with Gasteiger partial charge in [0, 0.05) is 5.22 Å². The molecule has 4 N–H and O–H groups in total. The molecule has 3 aromatic heterocycles. The molecule has 0 saturated heterocycles. The van der Waals surface area contributed by atoms with Crippen molar-refractivity contribution < 1.29 is 14.6 Å². The van der Waals surface area contributed by atoms with Crippen molar-refractivity contribution in [2.24, 2.45) is 4.99 Å². The van der Waals surface area contributed by atoms with Gasteiger partial charge in [-0.3, -0.25) is 4.98 Å². The second-order valence-electron chi connectivity index (χ2n) is 7.52. The predicted octanol–water partition coefficient (Wildman–Crippen LogP) is 0.0864. The molecule has 1 fully saturated rings. The van der Waals surface area contributed by atoms with E-state index in [1.54, 1.807) is 31.0 Å². The minimum atomic E-state index is -0.512. The summed E-state index contributed by atoms with van der Waals surface area (Å²) in [7, 11) is 3.20. The highest BCUT2D eigenvalue weighted by molar-refractivity contribution is 5.57. The van der Waals surface area contributed by atoms with Crippen LogP contribution in [-0.4, -0.2) is 54.9 Å². The smallest absolute Gasteiger partial charge is 0.326 e. The fourth-order valence-electron chi connectivity index (χ4n) is 3.43. The molecule has 5 rings (SSSR count). The first-order valence-corrected chi connectivity index (χ1v) is 10.3. The number of hydrogen-bond acceptors (Lipinski definition) is 9. The van der Waals surface area contributed by atoms with Gasteiger partial charge in [0.15, 0.2) is 5.65 Å². The number of ether oxygens (including phenoxy) is 2. The van der Waals surface area contributed by atoms with Gasteiger partial charge in [-0.05, 0) is 31.1 Å². The average molecular weight is 450 g/mol. The van der Waals surface area contributed by atoms with E-state index in [0.717, 1.165) is 18.4 Å². The Labute approximate surface area is 186 Å². The Morgan fingerprint density at radius 3 is 2.64 bits per heavy atom. The van der Waals surface area contributed by atoms with E-state index >= 15 is 0 Å². The highest BCUT2D eigenvalue weighted by Crippen LogP contribution is 2.28. The first-order valence-electron chi connectivity index (χ1n) is 10.3. The van der Waals surface area contributed by atoms with E-state index in [4.69, 9.17) is 9.47 Å². The molecule has 0 spiro atoms. The Bertz CT molecular complexity index is 1480. The van der Waals surface area contributed by atoms with Crippen molar-refractivity contribution >= 4 is 17.7 Å². The number of imidazole rings is 1. The highest BCUT2D eigenvalue weighted by Gasteiger charge is 2.21. The first-order chi connectivity index (χ1) is 16.1. The van der Waals surface area contributed by atoms with Gasteiger partial charge in [-0.15, -0.1) is 0 Å². The number of benzene rings is 1. The largest absolute Gasteiger partial charge is 0.496 e. The average Bonchev–Trinajstić information content (AvgIpc) is 3.45. The quantitative estimate of drug-likeness (QED) is 0.309. The predicted molar refractivity (Wildman–Crippen MR) is 118 cm³/mol. The fraction of sp³-hybridized carbons (Fsp3) is 0.286. The Kier molecular flexibility index (Phi) is 5.17. The number of anilines is 1. The normalized spacial score (nSPS) is 14.7. The second-order valence-corrected chi connectivity index (χ2v) is 7.52. The molecular formula is C21H22N8O4. The van der Waals surface area contributed by atoms with E-state index in [1.165, 1.54) is 0 Å². The number of aromatic amines is 2. The van der Waals surface area contributed by atoms with Gasteiger partial charge in [0.25, 0.3) is 5.62 Å². The van der Waals surface area contributed by atoms with Crippen molar-refractivity contribution in [2.45, 2.75) is 25.4 Å². The lowest BCUT2D eigenvalue weighted by molar-refractivity contribution is 0.386. The van der Waals surface area contributed by atoms with Crippen molar-refractivity contribution in [3.05, 3.63) is 57.0 Å². The van der Waals surface area contributed by atoms with Gasteiger partial charge >= 0.3 is 5.69 Å². The summed E-state index contributed by atoms with van der Waals surface area (Å²) in [6, 6.07) is 5.77. The van der Waals surface area contributed by atoms with Crippen molar-refractivity contribution in [1.82, 2.24) is 29.5 Å². The zero-order chi connectivity index (χ0) is 22.9. The summed E-state index contributed by atoms with van der Waals surface area (Å²) < 4.78 is 12.5. The lowest BCUT2D eigenvalue weighted by atomic mass is 10.1. The van der Waals surface area contributed by atoms with Crippen LogP contribution in [0.1, 0.15) is 24.1 Å². The van der Waals surface area contributed by atoms with Crippen LogP contribution in [0.3, 0.4) is 0 Å². The molecule has 170 valence electrons. The van der Waals surface area contributed by atoms with E-state index in [2.05, 4.69) is 35.3 Å². The SMILES string of the molecule is COc1cccc(OC)c1CNc1nc(=NC2CC2)n2ncc(=Cc3[nH]c(=O)[nH]c3O)c2n1. The van der Waals surface area contributed by atoms with Crippen LogP contribution >= 0.6 is 0 Å². The van der Waals surface area contributed by atoms with Crippen LogP contribution in [0.25, 0.3) is 11.7 Å². The first kappa shape index (κ1) is 20.5.